The van der Waals surface area contributed by atoms with Crippen LogP contribution in [0.2, 0.25) is 5.02 Å². The first kappa shape index (κ1) is 35.2. The molecule has 0 atom stereocenters. The van der Waals surface area contributed by atoms with Gasteiger partial charge in [-0.05, 0) is 94.6 Å². The Hall–Kier alpha value is -2.04. The highest BCUT2D eigenvalue weighted by molar-refractivity contribution is 7.92. The Labute approximate surface area is 261 Å². The number of halogens is 3. The quantitative estimate of drug-likeness (QED) is 0.405. The van der Waals surface area contributed by atoms with E-state index in [1.807, 2.05) is 30.0 Å². The SMILES string of the molecule is CC(=O)N1CCC(C(=O)N(CCCN2CCC(S(=O)(=O)c3cccc(N)c3)CC2)c2ccc(C)c(Cl)c2)CC1.Cl.Cl. The lowest BCUT2D eigenvalue weighted by Gasteiger charge is -2.35. The lowest BCUT2D eigenvalue weighted by Crippen LogP contribution is -2.45. The number of carbonyl (C=O) groups excluding carboxylic acids is 2. The Morgan fingerprint density at radius 1 is 1.00 bits per heavy atom. The van der Waals surface area contributed by atoms with Gasteiger partial charge < -0.3 is 20.4 Å². The standard InChI is InChI=1S/C29H39ClN4O4S.2ClH/c1-21-7-8-25(20-28(21)30)34(29(36)23-9-17-33(18-10-23)22(2)35)14-4-13-32-15-11-26(12-16-32)39(37,38)27-6-3-5-24(31)19-27;;/h3,5-8,19-20,23,26H,4,9-18,31H2,1-2H3;2*1H. The highest BCUT2D eigenvalue weighted by atomic mass is 35.5. The van der Waals surface area contributed by atoms with Crippen LogP contribution in [0.4, 0.5) is 11.4 Å². The van der Waals surface area contributed by atoms with E-state index < -0.39 is 15.1 Å². The van der Waals surface area contributed by atoms with Gasteiger partial charge in [0.1, 0.15) is 0 Å². The summed E-state index contributed by atoms with van der Waals surface area (Å²) in [5.74, 6) is -0.00810. The van der Waals surface area contributed by atoms with Crippen molar-refractivity contribution < 1.29 is 18.0 Å². The summed E-state index contributed by atoms with van der Waals surface area (Å²) < 4.78 is 26.2. The topological polar surface area (TPSA) is 104 Å². The number of benzene rings is 2. The van der Waals surface area contributed by atoms with E-state index in [4.69, 9.17) is 17.3 Å². The molecular formula is C29H41Cl3N4O4S. The summed E-state index contributed by atoms with van der Waals surface area (Å²) in [4.78, 5) is 31.6. The van der Waals surface area contributed by atoms with E-state index in [-0.39, 0.29) is 42.5 Å². The minimum absolute atomic E-state index is 0. The molecule has 2 aliphatic heterocycles. The Bertz CT molecular complexity index is 1290. The highest BCUT2D eigenvalue weighted by Gasteiger charge is 2.32. The molecule has 0 saturated carbocycles. The van der Waals surface area contributed by atoms with Crippen molar-refractivity contribution in [3.63, 3.8) is 0 Å². The summed E-state index contributed by atoms with van der Waals surface area (Å²) in [7, 11) is -3.42. The highest BCUT2D eigenvalue weighted by Crippen LogP contribution is 2.29. The predicted molar refractivity (Wildman–Crippen MR) is 170 cm³/mol. The van der Waals surface area contributed by atoms with Crippen molar-refractivity contribution >= 4 is 69.4 Å². The van der Waals surface area contributed by atoms with Crippen LogP contribution in [0.5, 0.6) is 0 Å². The van der Waals surface area contributed by atoms with Gasteiger partial charge >= 0.3 is 0 Å². The molecule has 8 nitrogen and oxygen atoms in total. The zero-order valence-electron chi connectivity index (χ0n) is 23.6. The molecule has 2 aromatic rings. The predicted octanol–water partition coefficient (Wildman–Crippen LogP) is 4.99. The molecule has 0 radical (unpaired) electrons. The van der Waals surface area contributed by atoms with Gasteiger partial charge in [-0.25, -0.2) is 8.42 Å². The second-order valence-corrected chi connectivity index (χ2v) is 13.4. The molecule has 0 aliphatic carbocycles. The number of hydrogen-bond donors (Lipinski definition) is 1. The molecule has 12 heteroatoms. The van der Waals surface area contributed by atoms with Gasteiger partial charge in [0.25, 0.3) is 0 Å². The maximum atomic E-state index is 13.7. The maximum Gasteiger partial charge on any atom is 0.230 e. The van der Waals surface area contributed by atoms with Crippen LogP contribution in [0.15, 0.2) is 47.4 Å². The number of sulfone groups is 1. The van der Waals surface area contributed by atoms with Crippen molar-refractivity contribution in [1.29, 1.82) is 0 Å². The average molecular weight is 648 g/mol. The zero-order chi connectivity index (χ0) is 28.2. The van der Waals surface area contributed by atoms with Gasteiger partial charge in [-0.2, -0.15) is 0 Å². The number of aryl methyl sites for hydroxylation is 1. The Kier molecular flexibility index (Phi) is 13.2. The molecule has 0 unspecified atom stereocenters. The van der Waals surface area contributed by atoms with Crippen molar-refractivity contribution in [1.82, 2.24) is 9.80 Å². The Balaban J connectivity index is 0.00000294. The Morgan fingerprint density at radius 2 is 1.66 bits per heavy atom. The molecule has 2 amide bonds. The lowest BCUT2D eigenvalue weighted by molar-refractivity contribution is -0.133. The van der Waals surface area contributed by atoms with Crippen molar-refractivity contribution in [2.75, 3.05) is 49.9 Å². The van der Waals surface area contributed by atoms with Crippen molar-refractivity contribution in [2.24, 2.45) is 5.92 Å². The summed E-state index contributed by atoms with van der Waals surface area (Å²) >= 11 is 6.42. The van der Waals surface area contributed by atoms with Gasteiger partial charge in [0.2, 0.25) is 11.8 Å². The smallest absolute Gasteiger partial charge is 0.230 e. The van der Waals surface area contributed by atoms with Gasteiger partial charge in [-0.3, -0.25) is 9.59 Å². The second-order valence-electron chi connectivity index (χ2n) is 10.7. The molecule has 2 N–H and O–H groups in total. The maximum absolute atomic E-state index is 13.7. The molecule has 4 rings (SSSR count). The number of anilines is 2. The van der Waals surface area contributed by atoms with E-state index >= 15 is 0 Å². The monoisotopic (exact) mass is 646 g/mol. The summed E-state index contributed by atoms with van der Waals surface area (Å²) in [6, 6.07) is 12.2. The molecule has 2 fully saturated rings. The zero-order valence-corrected chi connectivity index (χ0v) is 26.8. The first-order valence-electron chi connectivity index (χ1n) is 13.7. The van der Waals surface area contributed by atoms with Crippen LogP contribution in [0.1, 0.15) is 44.6 Å². The van der Waals surface area contributed by atoms with Crippen LogP contribution in [-0.4, -0.2) is 74.6 Å². The van der Waals surface area contributed by atoms with Crippen LogP contribution in [0.3, 0.4) is 0 Å². The molecule has 2 aliphatic rings. The number of nitrogen functional groups attached to an aromatic ring is 1. The summed E-state index contributed by atoms with van der Waals surface area (Å²) in [5.41, 5.74) is 8.00. The minimum Gasteiger partial charge on any atom is -0.399 e. The molecule has 0 bridgehead atoms. The van der Waals surface area contributed by atoms with Gasteiger partial charge in [0.15, 0.2) is 9.84 Å². The summed E-state index contributed by atoms with van der Waals surface area (Å²) in [6.45, 7) is 7.41. The number of hydrogen-bond acceptors (Lipinski definition) is 6. The third-order valence-electron chi connectivity index (χ3n) is 8.04. The third-order valence-corrected chi connectivity index (χ3v) is 10.7. The van der Waals surface area contributed by atoms with Crippen LogP contribution >= 0.6 is 36.4 Å². The van der Waals surface area contributed by atoms with Crippen molar-refractivity contribution in [3.05, 3.63) is 53.1 Å². The van der Waals surface area contributed by atoms with Gasteiger partial charge in [0, 0.05) is 48.9 Å². The minimum atomic E-state index is -3.42. The number of carbonyl (C=O) groups is 2. The molecule has 2 heterocycles. The second kappa shape index (κ2) is 15.4. The fourth-order valence-corrected chi connectivity index (χ4v) is 7.52. The van der Waals surface area contributed by atoms with Crippen LogP contribution < -0.4 is 10.6 Å². The molecule has 0 spiro atoms. The molecule has 2 aromatic carbocycles. The molecule has 2 saturated heterocycles. The normalized spacial score (nSPS) is 16.9. The molecule has 0 aromatic heterocycles. The molecular weight excluding hydrogens is 607 g/mol. The summed E-state index contributed by atoms with van der Waals surface area (Å²) in [5, 5.41) is 0.212. The average Bonchev–Trinajstić information content (AvgIpc) is 2.93. The number of likely N-dealkylation sites (tertiary alicyclic amines) is 2. The van der Waals surface area contributed by atoms with E-state index in [2.05, 4.69) is 4.90 Å². The first-order chi connectivity index (χ1) is 18.6. The van der Waals surface area contributed by atoms with Gasteiger partial charge in [-0.15, -0.1) is 24.8 Å². The van der Waals surface area contributed by atoms with E-state index in [0.717, 1.165) is 24.2 Å². The van der Waals surface area contributed by atoms with E-state index in [9.17, 15) is 18.0 Å². The van der Waals surface area contributed by atoms with Crippen LogP contribution in [0, 0.1) is 12.8 Å². The fourth-order valence-electron chi connectivity index (χ4n) is 5.56. The van der Waals surface area contributed by atoms with Crippen molar-refractivity contribution in [3.8, 4) is 0 Å². The largest absolute Gasteiger partial charge is 0.399 e. The molecule has 228 valence electrons. The van der Waals surface area contributed by atoms with Crippen LogP contribution in [0.25, 0.3) is 0 Å². The van der Waals surface area contributed by atoms with E-state index in [1.165, 1.54) is 6.07 Å². The first-order valence-corrected chi connectivity index (χ1v) is 15.6. The molecule has 41 heavy (non-hydrogen) atoms. The summed E-state index contributed by atoms with van der Waals surface area (Å²) in [6.07, 6.45) is 3.22. The van der Waals surface area contributed by atoms with Crippen LogP contribution in [-0.2, 0) is 19.4 Å². The lowest BCUT2D eigenvalue weighted by atomic mass is 9.94. The van der Waals surface area contributed by atoms with E-state index in [0.29, 0.717) is 74.0 Å². The van der Waals surface area contributed by atoms with Crippen molar-refractivity contribution in [2.45, 2.75) is 56.1 Å². The number of piperidine rings is 2. The number of nitrogens with two attached hydrogens (primary N) is 1. The number of nitrogens with zero attached hydrogens (tertiary/aromatic N) is 3. The Morgan fingerprint density at radius 3 is 2.24 bits per heavy atom. The number of rotatable bonds is 8. The third kappa shape index (κ3) is 8.74. The van der Waals surface area contributed by atoms with E-state index in [1.54, 1.807) is 30.0 Å². The number of amides is 2. The fraction of sp³-hybridized carbons (Fsp3) is 0.517. The van der Waals surface area contributed by atoms with Gasteiger partial charge in [0.05, 0.1) is 10.1 Å². The van der Waals surface area contributed by atoms with Gasteiger partial charge in [-0.1, -0.05) is 23.7 Å².